The van der Waals surface area contributed by atoms with Crippen molar-refractivity contribution in [2.24, 2.45) is 5.92 Å². The lowest BCUT2D eigenvalue weighted by molar-refractivity contribution is -0.142. The maximum absolute atomic E-state index is 10.8. The molecule has 0 aromatic rings. The van der Waals surface area contributed by atoms with E-state index in [0.29, 0.717) is 0 Å². The highest BCUT2D eigenvalue weighted by molar-refractivity contribution is 5.70. The molecule has 1 aliphatic rings. The molecule has 0 saturated carbocycles. The second-order valence-electron chi connectivity index (χ2n) is 3.41. The van der Waals surface area contributed by atoms with Gasteiger partial charge in [-0.1, -0.05) is 13.3 Å². The Morgan fingerprint density at radius 3 is 2.92 bits per heavy atom. The van der Waals surface area contributed by atoms with Crippen molar-refractivity contribution in [2.45, 2.75) is 38.6 Å². The van der Waals surface area contributed by atoms with E-state index < -0.39 is 5.97 Å². The van der Waals surface area contributed by atoms with Crippen LogP contribution in [0.15, 0.2) is 0 Å². The van der Waals surface area contributed by atoms with Crippen molar-refractivity contribution in [3.05, 3.63) is 0 Å². The quantitative estimate of drug-likeness (QED) is 0.657. The maximum atomic E-state index is 10.8. The monoisotopic (exact) mass is 171 g/mol. The molecule has 0 aromatic heterocycles. The Kier molecular flexibility index (Phi) is 3.53. The van der Waals surface area contributed by atoms with Crippen molar-refractivity contribution in [1.82, 2.24) is 5.32 Å². The third-order valence-electron chi connectivity index (χ3n) is 2.59. The summed E-state index contributed by atoms with van der Waals surface area (Å²) in [5.41, 5.74) is 0. The molecule has 0 spiro atoms. The van der Waals surface area contributed by atoms with Crippen LogP contribution in [0, 0.1) is 5.92 Å². The fraction of sp³-hybridized carbons (Fsp3) is 0.889. The number of rotatable bonds is 2. The summed E-state index contributed by atoms with van der Waals surface area (Å²) in [5, 5.41) is 12.2. The van der Waals surface area contributed by atoms with E-state index in [-0.39, 0.29) is 12.0 Å². The van der Waals surface area contributed by atoms with Gasteiger partial charge in [0, 0.05) is 6.04 Å². The zero-order chi connectivity index (χ0) is 8.97. The first-order chi connectivity index (χ1) is 5.75. The molecule has 1 rings (SSSR count). The van der Waals surface area contributed by atoms with Crippen molar-refractivity contribution in [2.75, 3.05) is 6.54 Å². The highest BCUT2D eigenvalue weighted by Crippen LogP contribution is 2.18. The van der Waals surface area contributed by atoms with Crippen LogP contribution in [0.4, 0.5) is 0 Å². The molecule has 1 heterocycles. The van der Waals surface area contributed by atoms with E-state index in [9.17, 15) is 4.79 Å². The first-order valence-electron chi connectivity index (χ1n) is 4.72. The first kappa shape index (κ1) is 9.52. The molecule has 3 nitrogen and oxygen atoms in total. The van der Waals surface area contributed by atoms with Gasteiger partial charge in [-0.25, -0.2) is 0 Å². The van der Waals surface area contributed by atoms with E-state index in [1.165, 1.54) is 0 Å². The molecule has 1 aliphatic heterocycles. The molecule has 3 heteroatoms. The molecular weight excluding hydrogens is 154 g/mol. The molecule has 12 heavy (non-hydrogen) atoms. The molecule has 2 N–H and O–H groups in total. The lowest BCUT2D eigenvalue weighted by Gasteiger charge is -2.20. The topological polar surface area (TPSA) is 49.3 Å². The van der Waals surface area contributed by atoms with Crippen LogP contribution in [-0.4, -0.2) is 23.7 Å². The normalized spacial score (nSPS) is 31.1. The Morgan fingerprint density at radius 2 is 2.33 bits per heavy atom. The van der Waals surface area contributed by atoms with Crippen molar-refractivity contribution < 1.29 is 9.90 Å². The molecule has 0 amide bonds. The van der Waals surface area contributed by atoms with Gasteiger partial charge in [0.1, 0.15) is 0 Å². The van der Waals surface area contributed by atoms with Gasteiger partial charge in [-0.3, -0.25) is 4.79 Å². The van der Waals surface area contributed by atoms with Gasteiger partial charge in [0.25, 0.3) is 0 Å². The van der Waals surface area contributed by atoms with Crippen molar-refractivity contribution in [1.29, 1.82) is 0 Å². The highest BCUT2D eigenvalue weighted by atomic mass is 16.4. The van der Waals surface area contributed by atoms with E-state index in [1.807, 2.05) is 6.92 Å². The maximum Gasteiger partial charge on any atom is 0.308 e. The number of nitrogens with one attached hydrogen (secondary N) is 1. The van der Waals surface area contributed by atoms with E-state index in [2.05, 4.69) is 5.32 Å². The highest BCUT2D eigenvalue weighted by Gasteiger charge is 2.27. The molecular formula is C9H17NO2. The Balaban J connectivity index is 2.57. The lowest BCUT2D eigenvalue weighted by atomic mass is 9.94. The van der Waals surface area contributed by atoms with E-state index >= 15 is 0 Å². The summed E-state index contributed by atoms with van der Waals surface area (Å²) in [5.74, 6) is -0.811. The molecule has 0 aliphatic carbocycles. The van der Waals surface area contributed by atoms with Crippen LogP contribution in [0.1, 0.15) is 32.6 Å². The predicted octanol–water partition coefficient (Wildman–Crippen LogP) is 1.24. The van der Waals surface area contributed by atoms with Crippen LogP contribution in [0.25, 0.3) is 0 Å². The summed E-state index contributed by atoms with van der Waals surface area (Å²) in [6.07, 6.45) is 3.90. The zero-order valence-corrected chi connectivity index (χ0v) is 7.55. The zero-order valence-electron chi connectivity index (χ0n) is 7.55. The third kappa shape index (κ3) is 2.21. The van der Waals surface area contributed by atoms with Crippen LogP contribution >= 0.6 is 0 Å². The van der Waals surface area contributed by atoms with Gasteiger partial charge >= 0.3 is 5.97 Å². The summed E-state index contributed by atoms with van der Waals surface area (Å²) in [7, 11) is 0. The minimum Gasteiger partial charge on any atom is -0.481 e. The third-order valence-corrected chi connectivity index (χ3v) is 2.59. The van der Waals surface area contributed by atoms with Gasteiger partial charge in [0.05, 0.1) is 5.92 Å². The van der Waals surface area contributed by atoms with Gasteiger partial charge in [0.2, 0.25) is 0 Å². The molecule has 70 valence electrons. The fourth-order valence-electron chi connectivity index (χ4n) is 1.84. The van der Waals surface area contributed by atoms with Gasteiger partial charge < -0.3 is 10.4 Å². The average molecular weight is 171 g/mol. The Hall–Kier alpha value is -0.570. The van der Waals surface area contributed by atoms with Crippen molar-refractivity contribution in [3.63, 3.8) is 0 Å². The van der Waals surface area contributed by atoms with E-state index in [0.717, 1.165) is 32.2 Å². The average Bonchev–Trinajstić information content (AvgIpc) is 2.27. The fourth-order valence-corrected chi connectivity index (χ4v) is 1.84. The van der Waals surface area contributed by atoms with Crippen molar-refractivity contribution >= 4 is 5.97 Å². The van der Waals surface area contributed by atoms with Crippen molar-refractivity contribution in [3.8, 4) is 0 Å². The molecule has 1 fully saturated rings. The Morgan fingerprint density at radius 1 is 1.58 bits per heavy atom. The van der Waals surface area contributed by atoms with Crippen LogP contribution in [0.5, 0.6) is 0 Å². The Bertz CT molecular complexity index is 159. The summed E-state index contributed by atoms with van der Waals surface area (Å²) in [6.45, 7) is 3.02. The summed E-state index contributed by atoms with van der Waals surface area (Å²) in [4.78, 5) is 10.8. The molecule has 0 bridgehead atoms. The van der Waals surface area contributed by atoms with Gasteiger partial charge in [-0.05, 0) is 25.8 Å². The van der Waals surface area contributed by atoms with E-state index in [1.54, 1.807) is 0 Å². The summed E-state index contributed by atoms with van der Waals surface area (Å²) in [6, 6.07) is 0.185. The standard InChI is InChI=1S/C9H17NO2/c1-2-8-7(9(11)12)5-3-4-6-10-8/h7-8,10H,2-6H2,1H3,(H,11,12)/t7-,8+/m1/s1. The number of carbonyl (C=O) groups is 1. The van der Waals surface area contributed by atoms with Gasteiger partial charge in [-0.2, -0.15) is 0 Å². The van der Waals surface area contributed by atoms with Gasteiger partial charge in [0.15, 0.2) is 0 Å². The second-order valence-corrected chi connectivity index (χ2v) is 3.41. The smallest absolute Gasteiger partial charge is 0.308 e. The number of aliphatic carboxylic acids is 1. The van der Waals surface area contributed by atoms with Crippen LogP contribution in [-0.2, 0) is 4.79 Å². The molecule has 0 aromatic carbocycles. The summed E-state index contributed by atoms with van der Waals surface area (Å²) >= 11 is 0. The molecule has 0 unspecified atom stereocenters. The number of carboxylic acids is 1. The lowest BCUT2D eigenvalue weighted by Crippen LogP contribution is -2.38. The minimum absolute atomic E-state index is 0.169. The number of hydrogen-bond acceptors (Lipinski definition) is 2. The van der Waals surface area contributed by atoms with Gasteiger partial charge in [-0.15, -0.1) is 0 Å². The van der Waals surface area contributed by atoms with Crippen LogP contribution < -0.4 is 5.32 Å². The largest absolute Gasteiger partial charge is 0.481 e. The number of hydrogen-bond donors (Lipinski definition) is 2. The Labute approximate surface area is 73.2 Å². The number of carboxylic acid groups (broad SMARTS) is 1. The molecule has 0 radical (unpaired) electrons. The summed E-state index contributed by atoms with van der Waals surface area (Å²) < 4.78 is 0. The first-order valence-corrected chi connectivity index (χ1v) is 4.72. The van der Waals surface area contributed by atoms with Crippen LogP contribution in [0.2, 0.25) is 0 Å². The molecule has 2 atom stereocenters. The molecule has 1 saturated heterocycles. The predicted molar refractivity (Wildman–Crippen MR) is 47.1 cm³/mol. The SMILES string of the molecule is CC[C@@H]1NCCCC[C@H]1C(=O)O. The minimum atomic E-state index is -0.642. The van der Waals surface area contributed by atoms with Crippen LogP contribution in [0.3, 0.4) is 0 Å². The van der Waals surface area contributed by atoms with E-state index in [4.69, 9.17) is 5.11 Å². The second kappa shape index (κ2) is 4.45.